The molecular formula is C29H30Cl2N2O3S2. The van der Waals surface area contributed by atoms with Crippen LogP contribution in [0.4, 0.5) is 0 Å². The zero-order valence-electron chi connectivity index (χ0n) is 21.3. The maximum Gasteiger partial charge on any atom is 0.255 e. The summed E-state index contributed by atoms with van der Waals surface area (Å²) < 4.78 is 12.3. The highest BCUT2D eigenvalue weighted by atomic mass is 35.5. The van der Waals surface area contributed by atoms with Crippen molar-refractivity contribution in [2.45, 2.75) is 63.7 Å². The van der Waals surface area contributed by atoms with E-state index in [1.54, 1.807) is 11.3 Å². The van der Waals surface area contributed by atoms with E-state index in [1.807, 2.05) is 67.3 Å². The number of amides is 1. The van der Waals surface area contributed by atoms with Crippen molar-refractivity contribution in [2.24, 2.45) is 0 Å². The van der Waals surface area contributed by atoms with Gasteiger partial charge in [-0.3, -0.25) is 4.79 Å². The van der Waals surface area contributed by atoms with Crippen molar-refractivity contribution >= 4 is 57.7 Å². The number of halogens is 2. The molecule has 1 unspecified atom stereocenters. The van der Waals surface area contributed by atoms with Crippen LogP contribution in [0.2, 0.25) is 10.0 Å². The predicted octanol–water partition coefficient (Wildman–Crippen LogP) is 6.95. The number of benzene rings is 2. The third-order valence-electron chi connectivity index (χ3n) is 6.86. The van der Waals surface area contributed by atoms with Gasteiger partial charge in [0.05, 0.1) is 6.04 Å². The lowest BCUT2D eigenvalue weighted by Gasteiger charge is -2.29. The van der Waals surface area contributed by atoms with Gasteiger partial charge in [-0.15, -0.1) is 11.3 Å². The number of nitrogens with one attached hydrogen (secondary N) is 1. The van der Waals surface area contributed by atoms with E-state index in [2.05, 4.69) is 16.8 Å². The zero-order valence-corrected chi connectivity index (χ0v) is 24.4. The lowest BCUT2D eigenvalue weighted by Crippen LogP contribution is -2.48. The molecule has 3 aromatic rings. The molecule has 0 aliphatic carbocycles. The molecule has 3 atom stereocenters. The fraction of sp³-hybridized carbons (Fsp3) is 0.379. The number of likely N-dealkylation sites (tertiary alicyclic amines) is 1. The number of nitrogens with zero attached hydrogens (tertiary/aromatic N) is 1. The second kappa shape index (κ2) is 11.6. The summed E-state index contributed by atoms with van der Waals surface area (Å²) in [5.74, 6) is -1.03. The van der Waals surface area contributed by atoms with Crippen molar-refractivity contribution < 1.29 is 14.3 Å². The van der Waals surface area contributed by atoms with Crippen molar-refractivity contribution in [3.05, 3.63) is 91.6 Å². The minimum atomic E-state index is -0.924. The Balaban J connectivity index is 1.25. The largest absolute Gasteiger partial charge is 0.372 e. The molecule has 5 rings (SSSR count). The van der Waals surface area contributed by atoms with Gasteiger partial charge in [0.2, 0.25) is 0 Å². The number of hydrogen-bond donors (Lipinski definition) is 1. The zero-order chi connectivity index (χ0) is 26.9. The molecule has 2 saturated heterocycles. The van der Waals surface area contributed by atoms with E-state index in [0.29, 0.717) is 23.1 Å². The molecule has 1 amide bonds. The van der Waals surface area contributed by atoms with Crippen molar-refractivity contribution in [3.8, 4) is 0 Å². The Labute approximate surface area is 243 Å². The van der Waals surface area contributed by atoms with Gasteiger partial charge in [0.25, 0.3) is 5.91 Å². The molecule has 5 nitrogen and oxygen atoms in total. The number of thiocarbonyl (C=S) groups is 1. The highest BCUT2D eigenvalue weighted by Gasteiger charge is 2.50. The van der Waals surface area contributed by atoms with Crippen LogP contribution in [-0.2, 0) is 27.2 Å². The van der Waals surface area contributed by atoms with E-state index in [9.17, 15) is 4.79 Å². The lowest BCUT2D eigenvalue weighted by atomic mass is 10.0. The van der Waals surface area contributed by atoms with E-state index in [-0.39, 0.29) is 11.9 Å². The molecule has 0 saturated carbocycles. The van der Waals surface area contributed by atoms with E-state index < -0.39 is 18.0 Å². The Kier molecular flexibility index (Phi) is 8.43. The van der Waals surface area contributed by atoms with Crippen molar-refractivity contribution in [1.82, 2.24) is 10.2 Å². The first-order chi connectivity index (χ1) is 18.2. The highest BCUT2D eigenvalue weighted by Crippen LogP contribution is 2.37. The Morgan fingerprint density at radius 2 is 1.92 bits per heavy atom. The van der Waals surface area contributed by atoms with Crippen molar-refractivity contribution in [3.63, 3.8) is 0 Å². The molecule has 0 radical (unpaired) electrons. The number of carbonyl (C=O) groups is 1. The summed E-state index contributed by atoms with van der Waals surface area (Å²) in [5, 5.41) is 6.88. The first kappa shape index (κ1) is 27.6. The molecule has 0 spiro atoms. The average molecular weight is 590 g/mol. The second-order valence-electron chi connectivity index (χ2n) is 10.1. The lowest BCUT2D eigenvalue weighted by molar-refractivity contribution is -0.161. The molecule has 2 aromatic carbocycles. The molecule has 2 fully saturated rings. The third-order valence-corrected chi connectivity index (χ3v) is 8.83. The standard InChI is InChI=1S/C29H30Cl2N2O3S2/c1-29(2)35-25(26(36-29)28(34)33-12-6-11-24(33)20-8-5-9-21(30)15-20)27(37)32-16-22-14-18(17-38-22)13-19-7-3-4-10-23(19)31/h3-5,7-10,14-15,17,24-26H,6,11-13,16H2,1-2H3,(H,32,37)/t24?,25-,26-/m1/s1. The molecule has 0 bridgehead atoms. The minimum Gasteiger partial charge on any atom is -0.372 e. The Bertz CT molecular complexity index is 1330. The molecular weight excluding hydrogens is 559 g/mol. The van der Waals surface area contributed by atoms with Gasteiger partial charge in [-0.05, 0) is 79.4 Å². The molecule has 200 valence electrons. The third kappa shape index (κ3) is 6.24. The van der Waals surface area contributed by atoms with E-state index in [0.717, 1.165) is 40.3 Å². The first-order valence-electron chi connectivity index (χ1n) is 12.7. The SMILES string of the molecule is CC1(C)O[C@@H](C(=O)N2CCCC2c2cccc(Cl)c2)[C@H](C(=S)NCc2cc(Cc3ccccc3Cl)cs2)O1. The number of ether oxygens (including phenoxy) is 2. The normalized spacial score (nSPS) is 22.5. The molecule has 2 aliphatic heterocycles. The monoisotopic (exact) mass is 588 g/mol. The molecule has 2 aliphatic rings. The highest BCUT2D eigenvalue weighted by molar-refractivity contribution is 7.80. The average Bonchev–Trinajstić information content (AvgIpc) is 3.62. The quantitative estimate of drug-likeness (QED) is 0.303. The summed E-state index contributed by atoms with van der Waals surface area (Å²) in [7, 11) is 0. The van der Waals surface area contributed by atoms with Crippen LogP contribution in [0.1, 0.15) is 54.3 Å². The van der Waals surface area contributed by atoms with Crippen LogP contribution < -0.4 is 5.32 Å². The van der Waals surface area contributed by atoms with Crippen LogP contribution in [0.3, 0.4) is 0 Å². The van der Waals surface area contributed by atoms with Gasteiger partial charge < -0.3 is 19.7 Å². The van der Waals surface area contributed by atoms with Crippen LogP contribution in [0.15, 0.2) is 60.0 Å². The predicted molar refractivity (Wildman–Crippen MR) is 157 cm³/mol. The maximum absolute atomic E-state index is 13.8. The van der Waals surface area contributed by atoms with Crippen LogP contribution in [0, 0.1) is 0 Å². The summed E-state index contributed by atoms with van der Waals surface area (Å²) in [6, 6.07) is 17.7. The Hall–Kier alpha value is -2.00. The van der Waals surface area contributed by atoms with Gasteiger partial charge in [-0.1, -0.05) is 65.8 Å². The molecule has 9 heteroatoms. The van der Waals surface area contributed by atoms with Gasteiger partial charge in [0.1, 0.15) is 11.1 Å². The van der Waals surface area contributed by atoms with Crippen LogP contribution in [0.25, 0.3) is 0 Å². The summed E-state index contributed by atoms with van der Waals surface area (Å²) in [6.45, 7) is 4.83. The summed E-state index contributed by atoms with van der Waals surface area (Å²) >= 11 is 20.0. The molecule has 1 aromatic heterocycles. The fourth-order valence-electron chi connectivity index (χ4n) is 5.14. The Morgan fingerprint density at radius 1 is 1.13 bits per heavy atom. The van der Waals surface area contributed by atoms with Crippen LogP contribution in [-0.4, -0.2) is 40.3 Å². The molecule has 38 heavy (non-hydrogen) atoms. The molecule has 3 heterocycles. The van der Waals surface area contributed by atoms with Crippen molar-refractivity contribution in [1.29, 1.82) is 0 Å². The summed E-state index contributed by atoms with van der Waals surface area (Å²) in [6.07, 6.45) is 1.08. The maximum atomic E-state index is 13.8. The van der Waals surface area contributed by atoms with Gasteiger partial charge in [-0.25, -0.2) is 0 Å². The van der Waals surface area contributed by atoms with E-state index >= 15 is 0 Å². The summed E-state index contributed by atoms with van der Waals surface area (Å²) in [4.78, 5) is 17.3. The topological polar surface area (TPSA) is 50.8 Å². The van der Waals surface area contributed by atoms with Crippen molar-refractivity contribution in [2.75, 3.05) is 6.54 Å². The van der Waals surface area contributed by atoms with Gasteiger partial charge >= 0.3 is 0 Å². The number of hydrogen-bond acceptors (Lipinski definition) is 5. The van der Waals surface area contributed by atoms with Gasteiger partial charge in [-0.2, -0.15) is 0 Å². The minimum absolute atomic E-state index is 0.0432. The number of thiophene rings is 1. The number of rotatable bonds is 7. The smallest absolute Gasteiger partial charge is 0.255 e. The second-order valence-corrected chi connectivity index (χ2v) is 12.4. The van der Waals surface area contributed by atoms with Gasteiger partial charge in [0.15, 0.2) is 11.9 Å². The van der Waals surface area contributed by atoms with Crippen LogP contribution in [0.5, 0.6) is 0 Å². The molecule has 1 N–H and O–H groups in total. The number of carbonyl (C=O) groups excluding carboxylic acids is 1. The first-order valence-corrected chi connectivity index (χ1v) is 14.7. The fourth-order valence-corrected chi connectivity index (χ4v) is 6.61. The summed E-state index contributed by atoms with van der Waals surface area (Å²) in [5.41, 5.74) is 3.32. The Morgan fingerprint density at radius 3 is 2.71 bits per heavy atom. The van der Waals surface area contributed by atoms with E-state index in [4.69, 9.17) is 44.9 Å². The van der Waals surface area contributed by atoms with Crippen LogP contribution >= 0.6 is 46.8 Å². The van der Waals surface area contributed by atoms with Gasteiger partial charge in [0, 0.05) is 28.0 Å². The van der Waals surface area contributed by atoms with E-state index in [1.165, 1.54) is 5.56 Å².